The molecule has 1 saturated carbocycles. The Bertz CT molecular complexity index is 119. The summed E-state index contributed by atoms with van der Waals surface area (Å²) in [4.78, 5) is 0. The van der Waals surface area contributed by atoms with Crippen molar-refractivity contribution in [3.63, 3.8) is 0 Å². The van der Waals surface area contributed by atoms with Crippen LogP contribution in [0.3, 0.4) is 0 Å². The average molecular weight is 153 g/mol. The third-order valence-electron chi connectivity index (χ3n) is 2.84. The van der Waals surface area contributed by atoms with E-state index in [1.54, 1.807) is 0 Å². The van der Waals surface area contributed by atoms with E-state index in [0.29, 0.717) is 5.54 Å². The van der Waals surface area contributed by atoms with Gasteiger partial charge in [0.15, 0.2) is 0 Å². The maximum atomic E-state index is 3.71. The lowest BCUT2D eigenvalue weighted by molar-refractivity contribution is 0.179. The van der Waals surface area contributed by atoms with E-state index >= 15 is 0 Å². The van der Waals surface area contributed by atoms with E-state index in [-0.39, 0.29) is 0 Å². The van der Waals surface area contributed by atoms with Crippen LogP contribution in [0.25, 0.3) is 0 Å². The van der Waals surface area contributed by atoms with Crippen LogP contribution in [-0.2, 0) is 0 Å². The SMILES string of the molecule is C=CCCNC1(CC)CCC1. The van der Waals surface area contributed by atoms with Crippen molar-refractivity contribution in [2.24, 2.45) is 0 Å². The molecule has 11 heavy (non-hydrogen) atoms. The van der Waals surface area contributed by atoms with Gasteiger partial charge in [0.2, 0.25) is 0 Å². The molecule has 1 nitrogen and oxygen atoms in total. The van der Waals surface area contributed by atoms with Gasteiger partial charge in [-0.2, -0.15) is 0 Å². The first-order valence-electron chi connectivity index (χ1n) is 4.69. The summed E-state index contributed by atoms with van der Waals surface area (Å²) < 4.78 is 0. The molecule has 1 fully saturated rings. The molecule has 0 atom stereocenters. The van der Waals surface area contributed by atoms with Gasteiger partial charge < -0.3 is 5.32 Å². The molecule has 0 amide bonds. The third kappa shape index (κ3) is 2.06. The van der Waals surface area contributed by atoms with Crippen LogP contribution in [0.2, 0.25) is 0 Å². The van der Waals surface area contributed by atoms with Gasteiger partial charge in [-0.15, -0.1) is 6.58 Å². The molecule has 0 aromatic heterocycles. The van der Waals surface area contributed by atoms with E-state index in [2.05, 4.69) is 18.8 Å². The molecular formula is C10H19N. The predicted molar refractivity (Wildman–Crippen MR) is 49.7 cm³/mol. The first-order valence-corrected chi connectivity index (χ1v) is 4.69. The average Bonchev–Trinajstić information content (AvgIpc) is 1.95. The molecule has 0 unspecified atom stereocenters. The van der Waals surface area contributed by atoms with E-state index in [0.717, 1.165) is 13.0 Å². The maximum Gasteiger partial charge on any atom is 0.0179 e. The van der Waals surface area contributed by atoms with E-state index < -0.39 is 0 Å². The highest BCUT2D eigenvalue weighted by Crippen LogP contribution is 2.34. The highest BCUT2D eigenvalue weighted by Gasteiger charge is 2.33. The summed E-state index contributed by atoms with van der Waals surface area (Å²) in [5, 5.41) is 3.61. The molecule has 0 radical (unpaired) electrons. The van der Waals surface area contributed by atoms with Gasteiger partial charge in [0.05, 0.1) is 0 Å². The second kappa shape index (κ2) is 3.91. The van der Waals surface area contributed by atoms with E-state index in [1.807, 2.05) is 6.08 Å². The first kappa shape index (κ1) is 8.79. The van der Waals surface area contributed by atoms with Gasteiger partial charge in [-0.05, 0) is 38.6 Å². The summed E-state index contributed by atoms with van der Waals surface area (Å²) >= 11 is 0. The van der Waals surface area contributed by atoms with Crippen LogP contribution in [0, 0.1) is 0 Å². The van der Waals surface area contributed by atoms with Crippen LogP contribution in [0.4, 0.5) is 0 Å². The lowest BCUT2D eigenvalue weighted by Crippen LogP contribution is -2.50. The van der Waals surface area contributed by atoms with Crippen molar-refractivity contribution in [3.8, 4) is 0 Å². The van der Waals surface area contributed by atoms with Crippen molar-refractivity contribution in [3.05, 3.63) is 12.7 Å². The zero-order chi connectivity index (χ0) is 8.16. The molecule has 0 saturated heterocycles. The first-order chi connectivity index (χ1) is 5.33. The Morgan fingerprint density at radius 1 is 1.55 bits per heavy atom. The van der Waals surface area contributed by atoms with Gasteiger partial charge in [-0.3, -0.25) is 0 Å². The summed E-state index contributed by atoms with van der Waals surface area (Å²) in [7, 11) is 0. The molecule has 1 N–H and O–H groups in total. The third-order valence-corrected chi connectivity index (χ3v) is 2.84. The number of rotatable bonds is 5. The molecule has 0 bridgehead atoms. The Kier molecular flexibility index (Phi) is 3.13. The normalized spacial score (nSPS) is 20.8. The van der Waals surface area contributed by atoms with Crippen molar-refractivity contribution >= 4 is 0 Å². The van der Waals surface area contributed by atoms with Crippen LogP contribution < -0.4 is 5.32 Å². The molecule has 0 spiro atoms. The lowest BCUT2D eigenvalue weighted by Gasteiger charge is -2.42. The van der Waals surface area contributed by atoms with Gasteiger partial charge >= 0.3 is 0 Å². The van der Waals surface area contributed by atoms with Gasteiger partial charge in [-0.1, -0.05) is 13.0 Å². The van der Waals surface area contributed by atoms with Gasteiger partial charge in [0.1, 0.15) is 0 Å². The largest absolute Gasteiger partial charge is 0.311 e. The van der Waals surface area contributed by atoms with Crippen LogP contribution in [0.5, 0.6) is 0 Å². The van der Waals surface area contributed by atoms with Crippen molar-refractivity contribution in [2.45, 2.75) is 44.6 Å². The van der Waals surface area contributed by atoms with Crippen LogP contribution in [0.1, 0.15) is 39.0 Å². The number of nitrogens with one attached hydrogen (secondary N) is 1. The molecule has 1 rings (SSSR count). The Labute approximate surface area is 69.9 Å². The predicted octanol–water partition coefficient (Wildman–Crippen LogP) is 2.48. The van der Waals surface area contributed by atoms with Crippen molar-refractivity contribution in [1.29, 1.82) is 0 Å². The van der Waals surface area contributed by atoms with Gasteiger partial charge in [0.25, 0.3) is 0 Å². The topological polar surface area (TPSA) is 12.0 Å². The molecule has 0 aromatic carbocycles. The van der Waals surface area contributed by atoms with Crippen molar-refractivity contribution in [2.75, 3.05) is 6.54 Å². The van der Waals surface area contributed by atoms with Crippen LogP contribution in [0.15, 0.2) is 12.7 Å². The molecule has 0 heterocycles. The smallest absolute Gasteiger partial charge is 0.0179 e. The minimum atomic E-state index is 0.517. The number of hydrogen-bond donors (Lipinski definition) is 1. The minimum Gasteiger partial charge on any atom is -0.311 e. The molecular weight excluding hydrogens is 134 g/mol. The van der Waals surface area contributed by atoms with Crippen molar-refractivity contribution < 1.29 is 0 Å². The zero-order valence-electron chi connectivity index (χ0n) is 7.53. The van der Waals surface area contributed by atoms with E-state index in [4.69, 9.17) is 0 Å². The second-order valence-electron chi connectivity index (χ2n) is 3.49. The van der Waals surface area contributed by atoms with E-state index in [9.17, 15) is 0 Å². The Morgan fingerprint density at radius 2 is 2.27 bits per heavy atom. The molecule has 1 aliphatic carbocycles. The summed E-state index contributed by atoms with van der Waals surface area (Å²) in [6, 6.07) is 0. The summed E-state index contributed by atoms with van der Waals surface area (Å²) in [6.45, 7) is 7.10. The highest BCUT2D eigenvalue weighted by atomic mass is 15.0. The molecule has 0 aliphatic heterocycles. The zero-order valence-corrected chi connectivity index (χ0v) is 7.53. The lowest BCUT2D eigenvalue weighted by atomic mass is 9.75. The Balaban J connectivity index is 2.16. The summed E-state index contributed by atoms with van der Waals surface area (Å²) in [5.74, 6) is 0. The monoisotopic (exact) mass is 153 g/mol. The Morgan fingerprint density at radius 3 is 2.64 bits per heavy atom. The fourth-order valence-corrected chi connectivity index (χ4v) is 1.70. The second-order valence-corrected chi connectivity index (χ2v) is 3.49. The van der Waals surface area contributed by atoms with Crippen LogP contribution >= 0.6 is 0 Å². The Hall–Kier alpha value is -0.300. The summed E-state index contributed by atoms with van der Waals surface area (Å²) in [5.41, 5.74) is 0.517. The fraction of sp³-hybridized carbons (Fsp3) is 0.800. The molecule has 0 aromatic rings. The number of hydrogen-bond acceptors (Lipinski definition) is 1. The quantitative estimate of drug-likeness (QED) is 0.472. The van der Waals surface area contributed by atoms with Gasteiger partial charge in [-0.25, -0.2) is 0 Å². The summed E-state index contributed by atoms with van der Waals surface area (Å²) in [6.07, 6.45) is 8.52. The fourth-order valence-electron chi connectivity index (χ4n) is 1.70. The van der Waals surface area contributed by atoms with E-state index in [1.165, 1.54) is 25.7 Å². The molecule has 1 heteroatoms. The minimum absolute atomic E-state index is 0.517. The van der Waals surface area contributed by atoms with Crippen LogP contribution in [-0.4, -0.2) is 12.1 Å². The van der Waals surface area contributed by atoms with Crippen molar-refractivity contribution in [1.82, 2.24) is 5.32 Å². The van der Waals surface area contributed by atoms with Gasteiger partial charge in [0, 0.05) is 5.54 Å². The standard InChI is InChI=1S/C10H19N/c1-3-5-9-11-10(4-2)7-6-8-10/h3,11H,1,4-9H2,2H3. The molecule has 1 aliphatic rings. The maximum absolute atomic E-state index is 3.71. The highest BCUT2D eigenvalue weighted by molar-refractivity contribution is 4.94. The molecule has 64 valence electrons.